The van der Waals surface area contributed by atoms with E-state index in [4.69, 9.17) is 4.74 Å². The SMILES string of the molecule is COC(=O)[C@@]12CN(C(=O)c3ccc(N(C)C)nc3)C[C@@H]1C(C)(C)C2. The van der Waals surface area contributed by atoms with Crippen LogP contribution < -0.4 is 4.90 Å². The van der Waals surface area contributed by atoms with E-state index in [0.717, 1.165) is 12.2 Å². The van der Waals surface area contributed by atoms with E-state index in [1.165, 1.54) is 7.11 Å². The molecule has 0 unspecified atom stereocenters. The standard InChI is InChI=1S/C18H25N3O3/c1-17(2)10-18(16(23)24-5)11-21(9-13(17)18)15(22)12-6-7-14(19-8-12)20(3)4/h6-8,13H,9-11H2,1-5H3/t13-,18+/m1/s1. The lowest BCUT2D eigenvalue weighted by molar-refractivity contribution is -0.174. The van der Waals surface area contributed by atoms with E-state index in [1.807, 2.05) is 25.1 Å². The summed E-state index contributed by atoms with van der Waals surface area (Å²) in [6.45, 7) is 5.33. The van der Waals surface area contributed by atoms with Gasteiger partial charge in [0.1, 0.15) is 5.82 Å². The second-order valence-electron chi connectivity index (χ2n) is 7.85. The fourth-order valence-electron chi connectivity index (χ4n) is 4.49. The smallest absolute Gasteiger partial charge is 0.314 e. The summed E-state index contributed by atoms with van der Waals surface area (Å²) in [5.74, 6) is 0.695. The van der Waals surface area contributed by atoms with Gasteiger partial charge in [-0.25, -0.2) is 4.98 Å². The molecule has 0 aromatic carbocycles. The number of pyridine rings is 1. The highest BCUT2D eigenvalue weighted by atomic mass is 16.5. The third-order valence-corrected chi connectivity index (χ3v) is 5.59. The first-order chi connectivity index (χ1) is 11.2. The van der Waals surface area contributed by atoms with Crippen molar-refractivity contribution in [2.45, 2.75) is 20.3 Å². The zero-order chi connectivity index (χ0) is 17.7. The number of methoxy groups -OCH3 is 1. The van der Waals surface area contributed by atoms with E-state index in [1.54, 1.807) is 17.2 Å². The van der Waals surface area contributed by atoms with Crippen LogP contribution in [0.4, 0.5) is 5.82 Å². The number of carbonyl (C=O) groups excluding carboxylic acids is 2. The van der Waals surface area contributed by atoms with Crippen LogP contribution in [0.3, 0.4) is 0 Å². The lowest BCUT2D eigenvalue weighted by Gasteiger charge is -2.54. The van der Waals surface area contributed by atoms with Crippen LogP contribution in [0, 0.1) is 16.7 Å². The number of ether oxygens (including phenoxy) is 1. The molecule has 0 bridgehead atoms. The summed E-state index contributed by atoms with van der Waals surface area (Å²) in [6, 6.07) is 3.62. The molecule has 3 rings (SSSR count). The Labute approximate surface area is 142 Å². The lowest BCUT2D eigenvalue weighted by atomic mass is 9.48. The molecule has 1 amide bonds. The largest absolute Gasteiger partial charge is 0.469 e. The first-order valence-electron chi connectivity index (χ1n) is 8.22. The van der Waals surface area contributed by atoms with Gasteiger partial charge in [-0.05, 0) is 29.9 Å². The second kappa shape index (κ2) is 5.46. The zero-order valence-corrected chi connectivity index (χ0v) is 15.0. The topological polar surface area (TPSA) is 62.7 Å². The minimum atomic E-state index is -0.537. The summed E-state index contributed by atoms with van der Waals surface area (Å²) < 4.78 is 5.03. The normalized spacial score (nSPS) is 27.2. The van der Waals surface area contributed by atoms with Crippen LogP contribution >= 0.6 is 0 Å². The molecule has 1 aromatic heterocycles. The van der Waals surface area contributed by atoms with Crippen LogP contribution in [0.2, 0.25) is 0 Å². The van der Waals surface area contributed by atoms with Crippen LogP contribution in [0.25, 0.3) is 0 Å². The molecule has 2 fully saturated rings. The maximum absolute atomic E-state index is 12.8. The molecule has 6 nitrogen and oxygen atoms in total. The Balaban J connectivity index is 1.81. The van der Waals surface area contributed by atoms with Gasteiger partial charge in [0.15, 0.2) is 0 Å². The highest BCUT2D eigenvalue weighted by Gasteiger charge is 2.68. The molecule has 1 aliphatic heterocycles. The van der Waals surface area contributed by atoms with E-state index in [-0.39, 0.29) is 23.2 Å². The number of amides is 1. The second-order valence-corrected chi connectivity index (χ2v) is 7.85. The molecule has 1 saturated carbocycles. The number of likely N-dealkylation sites (tertiary alicyclic amines) is 1. The molecule has 0 spiro atoms. The number of esters is 1. The number of nitrogens with zero attached hydrogens (tertiary/aromatic N) is 3. The average Bonchev–Trinajstić information content (AvgIpc) is 2.89. The van der Waals surface area contributed by atoms with Crippen molar-refractivity contribution in [3.63, 3.8) is 0 Å². The Morgan fingerprint density at radius 2 is 2.04 bits per heavy atom. The lowest BCUT2D eigenvalue weighted by Crippen LogP contribution is -2.57. The van der Waals surface area contributed by atoms with Crippen molar-refractivity contribution in [3.8, 4) is 0 Å². The number of aromatic nitrogens is 1. The van der Waals surface area contributed by atoms with Crippen molar-refractivity contribution < 1.29 is 14.3 Å². The predicted molar refractivity (Wildman–Crippen MR) is 90.8 cm³/mol. The molecule has 24 heavy (non-hydrogen) atoms. The first-order valence-corrected chi connectivity index (χ1v) is 8.22. The monoisotopic (exact) mass is 331 g/mol. The van der Waals surface area contributed by atoms with E-state index < -0.39 is 5.41 Å². The molecule has 6 heteroatoms. The molecule has 2 heterocycles. The van der Waals surface area contributed by atoms with Crippen LogP contribution in [0.15, 0.2) is 18.3 Å². The molecule has 1 aliphatic carbocycles. The van der Waals surface area contributed by atoms with Gasteiger partial charge in [-0.1, -0.05) is 13.8 Å². The van der Waals surface area contributed by atoms with Gasteiger partial charge in [-0.2, -0.15) is 0 Å². The maximum atomic E-state index is 12.8. The Morgan fingerprint density at radius 1 is 1.33 bits per heavy atom. The molecule has 0 N–H and O–H groups in total. The summed E-state index contributed by atoms with van der Waals surface area (Å²) in [5, 5.41) is 0. The maximum Gasteiger partial charge on any atom is 0.314 e. The van der Waals surface area contributed by atoms with Gasteiger partial charge in [0.25, 0.3) is 5.91 Å². The number of anilines is 1. The van der Waals surface area contributed by atoms with Crippen molar-refractivity contribution in [1.29, 1.82) is 0 Å². The summed E-state index contributed by atoms with van der Waals surface area (Å²) >= 11 is 0. The third-order valence-electron chi connectivity index (χ3n) is 5.59. The van der Waals surface area contributed by atoms with Gasteiger partial charge in [0.05, 0.1) is 18.1 Å². The quantitative estimate of drug-likeness (QED) is 0.791. The summed E-state index contributed by atoms with van der Waals surface area (Å²) in [7, 11) is 5.24. The van der Waals surface area contributed by atoms with Crippen molar-refractivity contribution >= 4 is 17.7 Å². The molecule has 1 aromatic rings. The predicted octanol–water partition coefficient (Wildman–Crippen LogP) is 1.81. The summed E-state index contributed by atoms with van der Waals surface area (Å²) in [6.07, 6.45) is 2.37. The van der Waals surface area contributed by atoms with Gasteiger partial charge in [-0.15, -0.1) is 0 Å². The number of hydrogen-bond acceptors (Lipinski definition) is 5. The van der Waals surface area contributed by atoms with E-state index in [9.17, 15) is 9.59 Å². The zero-order valence-electron chi connectivity index (χ0n) is 15.0. The fraction of sp³-hybridized carbons (Fsp3) is 0.611. The van der Waals surface area contributed by atoms with Crippen LogP contribution in [-0.4, -0.2) is 56.1 Å². The van der Waals surface area contributed by atoms with Crippen molar-refractivity contribution in [2.24, 2.45) is 16.7 Å². The van der Waals surface area contributed by atoms with Gasteiger partial charge in [0, 0.05) is 33.4 Å². The van der Waals surface area contributed by atoms with Gasteiger partial charge < -0.3 is 14.5 Å². The van der Waals surface area contributed by atoms with Gasteiger partial charge >= 0.3 is 5.97 Å². The summed E-state index contributed by atoms with van der Waals surface area (Å²) in [5.41, 5.74) is 0.0703. The minimum absolute atomic E-state index is 0.0518. The number of rotatable bonds is 3. The van der Waals surface area contributed by atoms with Crippen LogP contribution in [-0.2, 0) is 9.53 Å². The Bertz CT molecular complexity index is 669. The van der Waals surface area contributed by atoms with Crippen molar-refractivity contribution in [3.05, 3.63) is 23.9 Å². The molecule has 130 valence electrons. The van der Waals surface area contributed by atoms with Crippen LogP contribution in [0.5, 0.6) is 0 Å². The number of fused-ring (bicyclic) bond motifs is 1. The van der Waals surface area contributed by atoms with Crippen LogP contribution in [0.1, 0.15) is 30.6 Å². The third kappa shape index (κ3) is 2.36. The Morgan fingerprint density at radius 3 is 2.54 bits per heavy atom. The summed E-state index contributed by atoms with van der Waals surface area (Å²) in [4.78, 5) is 33.1. The highest BCUT2D eigenvalue weighted by Crippen LogP contribution is 2.63. The fourth-order valence-corrected chi connectivity index (χ4v) is 4.49. The molecule has 1 saturated heterocycles. The van der Waals surface area contributed by atoms with Crippen molar-refractivity contribution in [2.75, 3.05) is 39.2 Å². The van der Waals surface area contributed by atoms with Crippen molar-refractivity contribution in [1.82, 2.24) is 9.88 Å². The van der Waals surface area contributed by atoms with E-state index in [2.05, 4.69) is 18.8 Å². The molecule has 0 radical (unpaired) electrons. The highest BCUT2D eigenvalue weighted by molar-refractivity contribution is 5.95. The molecular formula is C18H25N3O3. The Kier molecular flexibility index (Phi) is 3.81. The number of hydrogen-bond donors (Lipinski definition) is 0. The Hall–Kier alpha value is -2.11. The van der Waals surface area contributed by atoms with Gasteiger partial charge in [0.2, 0.25) is 0 Å². The molecule has 2 atom stereocenters. The van der Waals surface area contributed by atoms with E-state index in [0.29, 0.717) is 18.7 Å². The molecular weight excluding hydrogens is 306 g/mol. The van der Waals surface area contributed by atoms with Gasteiger partial charge in [-0.3, -0.25) is 9.59 Å². The molecule has 2 aliphatic rings. The number of carbonyl (C=O) groups is 2. The first kappa shape index (κ1) is 16.7. The van der Waals surface area contributed by atoms with E-state index >= 15 is 0 Å². The minimum Gasteiger partial charge on any atom is -0.469 e. The average molecular weight is 331 g/mol.